The molecule has 0 saturated carbocycles. The Morgan fingerprint density at radius 3 is 2.63 bits per heavy atom. The van der Waals surface area contributed by atoms with Gasteiger partial charge in [0.1, 0.15) is 5.52 Å². The molecule has 1 heterocycles. The average molecular weight is 272 g/mol. The number of nitro groups is 1. The van der Waals surface area contributed by atoms with Crippen molar-refractivity contribution in [2.45, 2.75) is 10.1 Å². The maximum atomic E-state index is 10.9. The molecular weight excluding hydrogens is 264 g/mol. The molecule has 19 heavy (non-hydrogen) atoms. The second-order valence-electron chi connectivity index (χ2n) is 3.77. The molecule has 0 N–H and O–H groups in total. The zero-order chi connectivity index (χ0) is 13.2. The van der Waals surface area contributed by atoms with Crippen molar-refractivity contribution in [3.63, 3.8) is 0 Å². The van der Waals surface area contributed by atoms with Crippen molar-refractivity contribution in [1.82, 2.24) is 4.98 Å². The van der Waals surface area contributed by atoms with Crippen LogP contribution >= 0.6 is 11.8 Å². The Kier molecular flexibility index (Phi) is 2.92. The first kappa shape index (κ1) is 11.7. The van der Waals surface area contributed by atoms with Crippen molar-refractivity contribution >= 4 is 28.5 Å². The fourth-order valence-corrected chi connectivity index (χ4v) is 2.54. The molecule has 2 aromatic carbocycles. The monoisotopic (exact) mass is 272 g/mol. The molecule has 0 bridgehead atoms. The van der Waals surface area contributed by atoms with Gasteiger partial charge < -0.3 is 4.42 Å². The van der Waals surface area contributed by atoms with Crippen LogP contribution in [0.4, 0.5) is 5.69 Å². The van der Waals surface area contributed by atoms with E-state index in [-0.39, 0.29) is 5.69 Å². The Morgan fingerprint density at radius 2 is 1.84 bits per heavy atom. The number of hydrogen-bond acceptors (Lipinski definition) is 5. The molecule has 0 aliphatic carbocycles. The molecule has 6 heteroatoms. The van der Waals surface area contributed by atoms with E-state index in [1.54, 1.807) is 18.2 Å². The molecule has 0 aliphatic rings. The van der Waals surface area contributed by atoms with E-state index in [9.17, 15) is 10.1 Å². The molecule has 3 aromatic rings. The van der Waals surface area contributed by atoms with Crippen LogP contribution in [0.15, 0.2) is 63.1 Å². The third kappa shape index (κ3) is 2.30. The lowest BCUT2D eigenvalue weighted by Crippen LogP contribution is -1.89. The first-order valence-corrected chi connectivity index (χ1v) is 6.32. The number of nitro benzene ring substituents is 1. The average Bonchev–Trinajstić information content (AvgIpc) is 2.81. The van der Waals surface area contributed by atoms with Gasteiger partial charge in [0.15, 0.2) is 5.58 Å². The summed E-state index contributed by atoms with van der Waals surface area (Å²) in [7, 11) is 0. The molecule has 0 fully saturated rings. The summed E-state index contributed by atoms with van der Waals surface area (Å²) in [5.41, 5.74) is 1.46. The highest BCUT2D eigenvalue weighted by Crippen LogP contribution is 2.35. The second-order valence-corrected chi connectivity index (χ2v) is 4.77. The highest BCUT2D eigenvalue weighted by Gasteiger charge is 2.16. The van der Waals surface area contributed by atoms with E-state index < -0.39 is 4.92 Å². The highest BCUT2D eigenvalue weighted by atomic mass is 32.2. The van der Waals surface area contributed by atoms with E-state index >= 15 is 0 Å². The molecule has 94 valence electrons. The number of aromatic nitrogens is 1. The van der Waals surface area contributed by atoms with Crippen LogP contribution in [0.25, 0.3) is 11.1 Å². The molecule has 0 amide bonds. The Bertz CT molecular complexity index is 721. The maximum Gasteiger partial charge on any atom is 0.283 e. The van der Waals surface area contributed by atoms with Gasteiger partial charge >= 0.3 is 0 Å². The summed E-state index contributed by atoms with van der Waals surface area (Å²) in [5.74, 6) is 0. The third-order valence-electron chi connectivity index (χ3n) is 2.53. The van der Waals surface area contributed by atoms with Crippen molar-refractivity contribution < 1.29 is 9.34 Å². The number of para-hydroxylation sites is 3. The summed E-state index contributed by atoms with van der Waals surface area (Å²) >= 11 is 1.15. The lowest BCUT2D eigenvalue weighted by atomic mass is 10.3. The largest absolute Gasteiger partial charge is 0.431 e. The lowest BCUT2D eigenvalue weighted by molar-refractivity contribution is -0.387. The number of benzene rings is 2. The van der Waals surface area contributed by atoms with Crippen LogP contribution in [0.1, 0.15) is 0 Å². The number of nitrogens with zero attached hydrogens (tertiary/aromatic N) is 2. The van der Waals surface area contributed by atoms with Gasteiger partial charge in [0.05, 0.1) is 9.82 Å². The fourth-order valence-electron chi connectivity index (χ4n) is 1.68. The standard InChI is InChI=1S/C13H8N2O3S/c16-15(17)10-6-2-4-8-12(10)19-13-14-9-5-1-3-7-11(9)18-13/h1-8H. The molecule has 0 aliphatic heterocycles. The van der Waals surface area contributed by atoms with Gasteiger partial charge in [0.25, 0.3) is 10.9 Å². The van der Waals surface area contributed by atoms with Gasteiger partial charge in [-0.2, -0.15) is 0 Å². The Labute approximate surface area is 112 Å². The quantitative estimate of drug-likeness (QED) is 0.534. The zero-order valence-corrected chi connectivity index (χ0v) is 10.5. The first-order valence-electron chi connectivity index (χ1n) is 5.51. The van der Waals surface area contributed by atoms with Crippen LogP contribution in [0.5, 0.6) is 0 Å². The summed E-state index contributed by atoms with van der Waals surface area (Å²) in [5, 5.41) is 11.3. The summed E-state index contributed by atoms with van der Waals surface area (Å²) in [6.07, 6.45) is 0. The third-order valence-corrected chi connectivity index (χ3v) is 3.45. The van der Waals surface area contributed by atoms with Crippen molar-refractivity contribution in [1.29, 1.82) is 0 Å². The molecule has 0 spiro atoms. The van der Waals surface area contributed by atoms with E-state index in [1.165, 1.54) is 6.07 Å². The van der Waals surface area contributed by atoms with Crippen LogP contribution in [-0.2, 0) is 0 Å². The van der Waals surface area contributed by atoms with Crippen LogP contribution < -0.4 is 0 Å². The van der Waals surface area contributed by atoms with E-state index in [0.29, 0.717) is 15.7 Å². The van der Waals surface area contributed by atoms with Crippen LogP contribution in [-0.4, -0.2) is 9.91 Å². The molecule has 0 unspecified atom stereocenters. The molecule has 1 aromatic heterocycles. The molecule has 5 nitrogen and oxygen atoms in total. The number of fused-ring (bicyclic) bond motifs is 1. The summed E-state index contributed by atoms with van der Waals surface area (Å²) in [4.78, 5) is 15.3. The van der Waals surface area contributed by atoms with Crippen LogP contribution in [0.3, 0.4) is 0 Å². The van der Waals surface area contributed by atoms with Gasteiger partial charge in [0.2, 0.25) is 0 Å². The zero-order valence-electron chi connectivity index (χ0n) is 9.65. The predicted octanol–water partition coefficient (Wildman–Crippen LogP) is 3.89. The highest BCUT2D eigenvalue weighted by molar-refractivity contribution is 7.99. The Hall–Kier alpha value is -2.34. The van der Waals surface area contributed by atoms with E-state index in [4.69, 9.17) is 4.42 Å². The minimum atomic E-state index is -0.412. The minimum absolute atomic E-state index is 0.0507. The van der Waals surface area contributed by atoms with Gasteiger partial charge in [-0.3, -0.25) is 10.1 Å². The van der Waals surface area contributed by atoms with Gasteiger partial charge in [0, 0.05) is 6.07 Å². The molecule has 0 saturated heterocycles. The van der Waals surface area contributed by atoms with Crippen molar-refractivity contribution in [2.75, 3.05) is 0 Å². The van der Waals surface area contributed by atoms with Crippen molar-refractivity contribution in [2.24, 2.45) is 0 Å². The van der Waals surface area contributed by atoms with Gasteiger partial charge in [-0.05, 0) is 30.0 Å². The smallest absolute Gasteiger partial charge is 0.283 e. The normalized spacial score (nSPS) is 10.7. The van der Waals surface area contributed by atoms with Crippen LogP contribution in [0.2, 0.25) is 0 Å². The van der Waals surface area contributed by atoms with Gasteiger partial charge in [-0.25, -0.2) is 4.98 Å². The maximum absolute atomic E-state index is 10.9. The number of rotatable bonds is 3. The van der Waals surface area contributed by atoms with Gasteiger partial charge in [-0.15, -0.1) is 0 Å². The van der Waals surface area contributed by atoms with E-state index in [0.717, 1.165) is 17.3 Å². The first-order chi connectivity index (χ1) is 9.24. The lowest BCUT2D eigenvalue weighted by Gasteiger charge is -1.98. The summed E-state index contributed by atoms with van der Waals surface area (Å²) in [6, 6.07) is 13.9. The number of hydrogen-bond donors (Lipinski definition) is 0. The van der Waals surface area contributed by atoms with Gasteiger partial charge in [-0.1, -0.05) is 24.3 Å². The minimum Gasteiger partial charge on any atom is -0.431 e. The summed E-state index contributed by atoms with van der Waals surface area (Å²) in [6.45, 7) is 0. The SMILES string of the molecule is O=[N+]([O-])c1ccccc1Sc1nc2ccccc2o1. The van der Waals surface area contributed by atoms with Crippen molar-refractivity contribution in [3.05, 3.63) is 58.6 Å². The molecular formula is C13H8N2O3S. The molecule has 0 radical (unpaired) electrons. The van der Waals surface area contributed by atoms with E-state index in [2.05, 4.69) is 4.98 Å². The van der Waals surface area contributed by atoms with Crippen molar-refractivity contribution in [3.8, 4) is 0 Å². The molecule has 0 atom stereocenters. The molecule has 3 rings (SSSR count). The van der Waals surface area contributed by atoms with E-state index in [1.807, 2.05) is 24.3 Å². The Balaban J connectivity index is 1.99. The topological polar surface area (TPSA) is 69.2 Å². The summed E-state index contributed by atoms with van der Waals surface area (Å²) < 4.78 is 5.54. The second kappa shape index (κ2) is 4.74. The Morgan fingerprint density at radius 1 is 1.11 bits per heavy atom. The number of oxazole rings is 1. The predicted molar refractivity (Wildman–Crippen MR) is 71.2 cm³/mol. The van der Waals surface area contributed by atoms with Crippen LogP contribution in [0, 0.1) is 10.1 Å². The fraction of sp³-hybridized carbons (Fsp3) is 0.